The molecule has 0 saturated carbocycles. The maximum Gasteiger partial charge on any atom is 0.269 e. The second kappa shape index (κ2) is 9.28. The van der Waals surface area contributed by atoms with Crippen LogP contribution in [0.25, 0.3) is 11.3 Å². The second-order valence-electron chi connectivity index (χ2n) is 7.26. The zero-order chi connectivity index (χ0) is 23.5. The van der Waals surface area contributed by atoms with Crippen LogP contribution in [-0.4, -0.2) is 29.0 Å². The molecule has 1 aromatic heterocycles. The first-order valence-corrected chi connectivity index (χ1v) is 11.1. The summed E-state index contributed by atoms with van der Waals surface area (Å²) in [5, 5.41) is 17.5. The lowest BCUT2D eigenvalue weighted by Crippen LogP contribution is -2.15. The largest absolute Gasteiger partial charge is 0.486 e. The lowest BCUT2D eigenvalue weighted by molar-refractivity contribution is -0.384. The molecule has 0 spiro atoms. The van der Waals surface area contributed by atoms with E-state index < -0.39 is 4.92 Å². The van der Waals surface area contributed by atoms with Crippen molar-refractivity contribution < 1.29 is 18.8 Å². The standard InChI is InChI=1S/C24H17FN4O4S/c25-18-4-6-19(7-5-18)27-24-28(21(15-34-24)17-2-8-20(9-3-17)29(30)31)26-14-16-1-10-22-23(13-16)33-12-11-32-22/h1-10,13-15H,11-12H2/b26-14+,27-24?. The predicted octanol–water partition coefficient (Wildman–Crippen LogP) is 5.15. The fraction of sp³-hybridized carbons (Fsp3) is 0.0833. The molecule has 34 heavy (non-hydrogen) atoms. The first kappa shape index (κ1) is 21.5. The Morgan fingerprint density at radius 3 is 2.47 bits per heavy atom. The van der Waals surface area contributed by atoms with Gasteiger partial charge in [0.2, 0.25) is 4.80 Å². The number of halogens is 1. The molecule has 5 rings (SSSR count). The lowest BCUT2D eigenvalue weighted by Gasteiger charge is -2.18. The van der Waals surface area contributed by atoms with Gasteiger partial charge in [0.05, 0.1) is 22.5 Å². The highest BCUT2D eigenvalue weighted by Gasteiger charge is 2.13. The Balaban J connectivity index is 1.57. The number of fused-ring (bicyclic) bond motifs is 1. The highest BCUT2D eigenvalue weighted by atomic mass is 32.1. The fourth-order valence-corrected chi connectivity index (χ4v) is 4.19. The normalized spacial score (nSPS) is 13.4. The van der Waals surface area contributed by atoms with Crippen molar-refractivity contribution in [3.05, 3.63) is 98.4 Å². The summed E-state index contributed by atoms with van der Waals surface area (Å²) < 4.78 is 26.2. The van der Waals surface area contributed by atoms with Crippen LogP contribution in [0.2, 0.25) is 0 Å². The van der Waals surface area contributed by atoms with Gasteiger partial charge in [0.15, 0.2) is 11.5 Å². The number of benzene rings is 3. The van der Waals surface area contributed by atoms with Gasteiger partial charge in [-0.1, -0.05) is 0 Å². The number of ether oxygens (including phenoxy) is 2. The molecule has 3 aromatic carbocycles. The minimum Gasteiger partial charge on any atom is -0.486 e. The molecule has 0 bridgehead atoms. The third kappa shape index (κ3) is 4.57. The Bertz CT molecular complexity index is 1440. The van der Waals surface area contributed by atoms with Crippen LogP contribution in [-0.2, 0) is 0 Å². The maximum atomic E-state index is 13.3. The number of nitro benzene ring substituents is 1. The van der Waals surface area contributed by atoms with Gasteiger partial charge < -0.3 is 9.47 Å². The first-order chi connectivity index (χ1) is 16.6. The molecule has 170 valence electrons. The number of hydrogen-bond donors (Lipinski definition) is 0. The van der Waals surface area contributed by atoms with Crippen LogP contribution in [0.15, 0.2) is 82.2 Å². The molecule has 2 heterocycles. The number of nitrogens with zero attached hydrogens (tertiary/aromatic N) is 4. The summed E-state index contributed by atoms with van der Waals surface area (Å²) in [6.45, 7) is 0.996. The van der Waals surface area contributed by atoms with E-state index in [1.54, 1.807) is 35.2 Å². The fourth-order valence-electron chi connectivity index (χ4n) is 3.33. The molecule has 1 aliphatic rings. The summed E-state index contributed by atoms with van der Waals surface area (Å²) >= 11 is 1.35. The van der Waals surface area contributed by atoms with Crippen LogP contribution in [0.3, 0.4) is 0 Å². The molecule has 0 aliphatic carbocycles. The molecular formula is C24H17FN4O4S. The molecule has 1 aliphatic heterocycles. The third-order valence-electron chi connectivity index (χ3n) is 5.00. The predicted molar refractivity (Wildman–Crippen MR) is 126 cm³/mol. The summed E-state index contributed by atoms with van der Waals surface area (Å²) in [5.41, 5.74) is 2.81. The van der Waals surface area contributed by atoms with E-state index in [9.17, 15) is 14.5 Å². The Kier molecular flexibility index (Phi) is 5.88. The van der Waals surface area contributed by atoms with E-state index in [1.165, 1.54) is 35.6 Å². The zero-order valence-electron chi connectivity index (χ0n) is 17.6. The number of nitro groups is 1. The number of thiazole rings is 1. The molecular weight excluding hydrogens is 459 g/mol. The Hall–Kier alpha value is -4.31. The van der Waals surface area contributed by atoms with Crippen molar-refractivity contribution in [1.82, 2.24) is 4.68 Å². The maximum absolute atomic E-state index is 13.3. The topological polar surface area (TPSA) is 91.2 Å². The molecule has 4 aromatic rings. The third-order valence-corrected chi connectivity index (χ3v) is 5.82. The summed E-state index contributed by atoms with van der Waals surface area (Å²) in [4.78, 5) is 15.7. The van der Waals surface area contributed by atoms with E-state index >= 15 is 0 Å². The highest BCUT2D eigenvalue weighted by molar-refractivity contribution is 7.07. The molecule has 0 N–H and O–H groups in total. The smallest absolute Gasteiger partial charge is 0.269 e. The van der Waals surface area contributed by atoms with Crippen molar-refractivity contribution in [1.29, 1.82) is 0 Å². The van der Waals surface area contributed by atoms with Gasteiger partial charge in [0.1, 0.15) is 19.0 Å². The minimum absolute atomic E-state index is 0.00142. The van der Waals surface area contributed by atoms with Crippen molar-refractivity contribution in [3.63, 3.8) is 0 Å². The van der Waals surface area contributed by atoms with Crippen molar-refractivity contribution >= 4 is 28.9 Å². The number of aromatic nitrogens is 1. The van der Waals surface area contributed by atoms with E-state index in [0.717, 1.165) is 11.1 Å². The molecule has 8 nitrogen and oxygen atoms in total. The van der Waals surface area contributed by atoms with E-state index in [4.69, 9.17) is 9.47 Å². The summed E-state index contributed by atoms with van der Waals surface area (Å²) in [5.74, 6) is 0.990. The van der Waals surface area contributed by atoms with E-state index in [1.807, 2.05) is 23.6 Å². The molecule has 0 amide bonds. The Labute approximate surface area is 197 Å². The van der Waals surface area contributed by atoms with Crippen molar-refractivity contribution in [2.75, 3.05) is 13.2 Å². The van der Waals surface area contributed by atoms with Gasteiger partial charge in [-0.15, -0.1) is 11.3 Å². The minimum atomic E-state index is -0.444. The lowest BCUT2D eigenvalue weighted by atomic mass is 10.1. The van der Waals surface area contributed by atoms with Gasteiger partial charge in [0.25, 0.3) is 5.69 Å². The van der Waals surface area contributed by atoms with E-state index in [-0.39, 0.29) is 11.5 Å². The Morgan fingerprint density at radius 1 is 1.00 bits per heavy atom. The van der Waals surface area contributed by atoms with Gasteiger partial charge in [-0.2, -0.15) is 5.10 Å². The van der Waals surface area contributed by atoms with Gasteiger partial charge >= 0.3 is 0 Å². The van der Waals surface area contributed by atoms with E-state index in [2.05, 4.69) is 10.1 Å². The summed E-state index contributed by atoms with van der Waals surface area (Å²) in [6, 6.07) is 17.6. The number of rotatable bonds is 5. The van der Waals surface area contributed by atoms with Gasteiger partial charge in [0, 0.05) is 23.1 Å². The van der Waals surface area contributed by atoms with Crippen LogP contribution >= 0.6 is 11.3 Å². The molecule has 0 unspecified atom stereocenters. The zero-order valence-corrected chi connectivity index (χ0v) is 18.4. The van der Waals surface area contributed by atoms with Crippen molar-refractivity contribution in [3.8, 4) is 22.8 Å². The summed E-state index contributed by atoms with van der Waals surface area (Å²) in [7, 11) is 0. The molecule has 10 heteroatoms. The summed E-state index contributed by atoms with van der Waals surface area (Å²) in [6.07, 6.45) is 1.67. The second-order valence-corrected chi connectivity index (χ2v) is 8.09. The number of non-ortho nitro benzene ring substituents is 1. The average molecular weight is 476 g/mol. The van der Waals surface area contributed by atoms with E-state index in [0.29, 0.717) is 40.9 Å². The monoisotopic (exact) mass is 476 g/mol. The average Bonchev–Trinajstić information content (AvgIpc) is 3.26. The molecule has 0 radical (unpaired) electrons. The van der Waals surface area contributed by atoms with Gasteiger partial charge in [-0.05, 0) is 60.2 Å². The molecule has 0 fully saturated rings. The quantitative estimate of drug-likeness (QED) is 0.226. The van der Waals surface area contributed by atoms with Crippen LogP contribution in [0, 0.1) is 15.9 Å². The first-order valence-electron chi connectivity index (χ1n) is 10.3. The molecule has 0 saturated heterocycles. The van der Waals surface area contributed by atoms with Gasteiger partial charge in [-0.3, -0.25) is 10.1 Å². The van der Waals surface area contributed by atoms with Gasteiger partial charge in [-0.25, -0.2) is 14.1 Å². The SMILES string of the molecule is O=[N+]([O-])c1ccc(-c2csc(=Nc3ccc(F)cc3)n2/N=C/c2ccc3c(c2)OCCO3)cc1. The van der Waals surface area contributed by atoms with Crippen LogP contribution in [0.1, 0.15) is 5.56 Å². The van der Waals surface area contributed by atoms with Crippen LogP contribution in [0.4, 0.5) is 15.8 Å². The van der Waals surface area contributed by atoms with Crippen LogP contribution in [0.5, 0.6) is 11.5 Å². The van der Waals surface area contributed by atoms with Crippen molar-refractivity contribution in [2.45, 2.75) is 0 Å². The highest BCUT2D eigenvalue weighted by Crippen LogP contribution is 2.30. The molecule has 0 atom stereocenters. The van der Waals surface area contributed by atoms with Crippen molar-refractivity contribution in [2.24, 2.45) is 10.1 Å². The van der Waals surface area contributed by atoms with Crippen LogP contribution < -0.4 is 14.3 Å². The number of hydrogen-bond acceptors (Lipinski definition) is 7. The Morgan fingerprint density at radius 2 is 1.74 bits per heavy atom.